The van der Waals surface area contributed by atoms with Crippen LogP contribution in [0, 0.1) is 5.41 Å². The van der Waals surface area contributed by atoms with Crippen molar-refractivity contribution in [2.45, 2.75) is 80.6 Å². The summed E-state index contributed by atoms with van der Waals surface area (Å²) in [5, 5.41) is 10.2. The number of phenolic OH excluding ortho intramolecular Hbond substituents is 1. The molecule has 25 heavy (non-hydrogen) atoms. The minimum absolute atomic E-state index is 0.160. The highest BCUT2D eigenvalue weighted by molar-refractivity contribution is 7.20. The topological polar surface area (TPSA) is 37.3 Å². The van der Waals surface area contributed by atoms with Crippen molar-refractivity contribution >= 4 is 15.5 Å². The molecule has 0 fully saturated rings. The van der Waals surface area contributed by atoms with Gasteiger partial charge in [0.25, 0.3) is 0 Å². The number of benzene rings is 1. The summed E-state index contributed by atoms with van der Waals surface area (Å²) in [7, 11) is 2.56. The van der Waals surface area contributed by atoms with Gasteiger partial charge in [0.05, 0.1) is 0 Å². The van der Waals surface area contributed by atoms with Crippen molar-refractivity contribution in [3.63, 3.8) is 0 Å². The third kappa shape index (κ3) is 10.4. The molecule has 1 N–H and O–H groups in total. The molecule has 2 nitrogen and oxygen atoms in total. The molecule has 0 saturated heterocycles. The molecule has 3 heteroatoms. The molecule has 0 heterocycles. The molecule has 1 atom stereocenters. The number of carbonyl (C=O) groups is 1. The van der Waals surface area contributed by atoms with Crippen molar-refractivity contribution in [3.8, 4) is 5.75 Å². The summed E-state index contributed by atoms with van der Waals surface area (Å²) in [5.74, 6) is 2.54. The molecule has 1 aromatic carbocycles. The van der Waals surface area contributed by atoms with E-state index in [9.17, 15) is 9.90 Å². The number of allylic oxidation sites excluding steroid dienone is 1. The number of carbonyl (C=O) groups excluding carboxylic acids is 1. The minimum Gasteiger partial charge on any atom is -0.507 e. The first kappa shape index (κ1) is 26.1. The second-order valence-corrected chi connectivity index (χ2v) is 8.64. The van der Waals surface area contributed by atoms with Gasteiger partial charge < -0.3 is 5.11 Å². The van der Waals surface area contributed by atoms with E-state index in [1.54, 1.807) is 12.1 Å². The molecule has 0 aliphatic carbocycles. The molecule has 1 aromatic rings. The summed E-state index contributed by atoms with van der Waals surface area (Å²) in [6, 6.07) is 3.54. The van der Waals surface area contributed by atoms with E-state index < -0.39 is 0 Å². The van der Waals surface area contributed by atoms with E-state index >= 15 is 0 Å². The molecule has 1 rings (SSSR count). The van der Waals surface area contributed by atoms with Crippen molar-refractivity contribution in [3.05, 3.63) is 40.7 Å². The van der Waals surface area contributed by atoms with Gasteiger partial charge in [-0.25, -0.2) is 0 Å². The zero-order valence-electron chi connectivity index (χ0n) is 17.9. The highest BCUT2D eigenvalue weighted by Gasteiger charge is 2.22. The van der Waals surface area contributed by atoms with Crippen molar-refractivity contribution < 1.29 is 9.90 Å². The number of aldehydes is 1. The van der Waals surface area contributed by atoms with Gasteiger partial charge in [0.1, 0.15) is 12.0 Å². The van der Waals surface area contributed by atoms with Crippen LogP contribution in [-0.4, -0.2) is 11.4 Å². The summed E-state index contributed by atoms with van der Waals surface area (Å²) in [4.78, 5) is 10.9. The summed E-state index contributed by atoms with van der Waals surface area (Å²) in [6.07, 6.45) is 2.98. The highest BCUT2D eigenvalue weighted by atomic mass is 31.0. The molecular weight excluding hydrogens is 327 g/mol. The van der Waals surface area contributed by atoms with Gasteiger partial charge in [-0.15, -0.1) is 9.24 Å². The van der Waals surface area contributed by atoms with E-state index in [1.807, 2.05) is 54.3 Å². The fraction of sp³-hybridized carbons (Fsp3) is 0.591. The van der Waals surface area contributed by atoms with Crippen LogP contribution in [0.5, 0.6) is 5.75 Å². The van der Waals surface area contributed by atoms with Crippen LogP contribution >= 0.6 is 9.24 Å². The minimum atomic E-state index is -0.160. The zero-order chi connectivity index (χ0) is 20.4. The monoisotopic (exact) mass is 366 g/mol. The smallest absolute Gasteiger partial charge is 0.150 e. The Balaban J connectivity index is 0. The maximum absolute atomic E-state index is 10.9. The van der Waals surface area contributed by atoms with Crippen molar-refractivity contribution in [2.75, 3.05) is 0 Å². The van der Waals surface area contributed by atoms with E-state index in [-0.39, 0.29) is 11.3 Å². The second kappa shape index (κ2) is 11.5. The quantitative estimate of drug-likeness (QED) is 0.449. The Morgan fingerprint density at radius 3 is 1.76 bits per heavy atom. The van der Waals surface area contributed by atoms with Gasteiger partial charge in [-0.1, -0.05) is 81.1 Å². The van der Waals surface area contributed by atoms with Gasteiger partial charge in [0.15, 0.2) is 0 Å². The first-order chi connectivity index (χ1) is 11.3. The maximum Gasteiger partial charge on any atom is 0.150 e. The predicted octanol–water partition coefficient (Wildman–Crippen LogP) is 7.07. The van der Waals surface area contributed by atoms with Gasteiger partial charge >= 0.3 is 0 Å². The van der Waals surface area contributed by atoms with Crippen molar-refractivity contribution in [1.29, 1.82) is 0 Å². The predicted molar refractivity (Wildman–Crippen MR) is 116 cm³/mol. The van der Waals surface area contributed by atoms with Gasteiger partial charge in [-0.3, -0.25) is 4.79 Å². The van der Waals surface area contributed by atoms with Gasteiger partial charge in [-0.2, -0.15) is 0 Å². The molecule has 0 aliphatic heterocycles. The molecule has 1 unspecified atom stereocenters. The Morgan fingerprint density at radius 2 is 1.52 bits per heavy atom. The number of hydrogen-bond acceptors (Lipinski definition) is 2. The Hall–Kier alpha value is -1.14. The third-order valence-electron chi connectivity index (χ3n) is 3.32. The molecule has 144 valence electrons. The van der Waals surface area contributed by atoms with E-state index in [1.165, 1.54) is 0 Å². The van der Waals surface area contributed by atoms with Crippen molar-refractivity contribution in [1.82, 2.24) is 0 Å². The Bertz CT molecular complexity index is 544. The molecule has 0 amide bonds. The summed E-state index contributed by atoms with van der Waals surface area (Å²) in [5.41, 5.74) is 2.50. The Morgan fingerprint density at radius 1 is 1.04 bits per heavy atom. The van der Waals surface area contributed by atoms with E-state index in [0.29, 0.717) is 16.7 Å². The largest absolute Gasteiger partial charge is 0.507 e. The SMILES string of the molecule is CC.CC(C)(C)/C=C/P.CC(C)c1cc(C=O)cc(C(C)(C)C)c1O. The maximum atomic E-state index is 10.9. The van der Waals surface area contributed by atoms with Crippen LogP contribution in [0.4, 0.5) is 0 Å². The number of phenols is 1. The zero-order valence-corrected chi connectivity index (χ0v) is 19.1. The third-order valence-corrected chi connectivity index (χ3v) is 3.52. The Kier molecular flexibility index (Phi) is 12.0. The first-order valence-corrected chi connectivity index (χ1v) is 9.72. The molecule has 0 aromatic heterocycles. The van der Waals surface area contributed by atoms with Crippen molar-refractivity contribution in [2.24, 2.45) is 5.41 Å². The van der Waals surface area contributed by atoms with E-state index in [4.69, 9.17) is 0 Å². The number of aromatic hydroxyl groups is 1. The molecule has 0 bridgehead atoms. The standard InChI is InChI=1S/C14H20O2.C6H13P.C2H6/c1-9(2)11-6-10(8-15)7-12(13(11)16)14(3,4)5;1-6(2,3)4-5-7;1-2/h6-9,16H,1-5H3;4-5H,7H2,1-3H3;1-2H3/b;5-4+;. The molecule has 0 saturated carbocycles. The number of rotatable bonds is 2. The normalized spacial score (nSPS) is 11.5. The van der Waals surface area contributed by atoms with Crippen LogP contribution in [0.25, 0.3) is 0 Å². The lowest BCUT2D eigenvalue weighted by atomic mass is 9.82. The first-order valence-electron chi connectivity index (χ1n) is 9.05. The van der Waals surface area contributed by atoms with Gasteiger partial charge in [-0.05, 0) is 34.4 Å². The lowest BCUT2D eigenvalue weighted by Crippen LogP contribution is -2.13. The van der Waals surface area contributed by atoms with Crippen LogP contribution in [0.1, 0.15) is 96.6 Å². The second-order valence-electron chi connectivity index (χ2n) is 8.25. The van der Waals surface area contributed by atoms with Crippen LogP contribution in [0.2, 0.25) is 0 Å². The van der Waals surface area contributed by atoms with Crippen LogP contribution in [0.15, 0.2) is 24.0 Å². The van der Waals surface area contributed by atoms with E-state index in [0.717, 1.165) is 17.4 Å². The van der Waals surface area contributed by atoms with Gasteiger partial charge in [0, 0.05) is 11.1 Å². The average Bonchev–Trinajstić information content (AvgIpc) is 2.47. The Labute approximate surface area is 158 Å². The van der Waals surface area contributed by atoms with Crippen LogP contribution in [-0.2, 0) is 5.41 Å². The number of hydrogen-bond donors (Lipinski definition) is 1. The molecule has 0 radical (unpaired) electrons. The van der Waals surface area contributed by atoms with Gasteiger partial charge in [0.2, 0.25) is 0 Å². The lowest BCUT2D eigenvalue weighted by molar-refractivity contribution is 0.112. The molecule has 0 aliphatic rings. The summed E-state index contributed by atoms with van der Waals surface area (Å²) >= 11 is 0. The fourth-order valence-corrected chi connectivity index (χ4v) is 2.63. The summed E-state index contributed by atoms with van der Waals surface area (Å²) < 4.78 is 0. The molecular formula is C22H39O2P. The highest BCUT2D eigenvalue weighted by Crippen LogP contribution is 2.37. The lowest BCUT2D eigenvalue weighted by Gasteiger charge is -2.23. The van der Waals surface area contributed by atoms with Crippen LogP contribution in [0.3, 0.4) is 0 Å². The average molecular weight is 367 g/mol. The summed E-state index contributed by atoms with van der Waals surface area (Å²) in [6.45, 7) is 20.6. The molecule has 0 spiro atoms. The van der Waals surface area contributed by atoms with Crippen LogP contribution < -0.4 is 0 Å². The fourth-order valence-electron chi connectivity index (χ4n) is 2.05. The van der Waals surface area contributed by atoms with E-state index in [2.05, 4.69) is 36.1 Å².